The number of carbonyl (C=O) groups is 2. The minimum absolute atomic E-state index is 0.00315. The molecule has 0 bridgehead atoms. The van der Waals surface area contributed by atoms with E-state index in [0.29, 0.717) is 0 Å². The highest BCUT2D eigenvalue weighted by Gasteiger charge is 2.40. The molecule has 5 nitrogen and oxygen atoms in total. The predicted molar refractivity (Wildman–Crippen MR) is 86.3 cm³/mol. The zero-order valence-corrected chi connectivity index (χ0v) is 15.7. The second-order valence-corrected chi connectivity index (χ2v) is 12.7. The number of rotatable bonds is 6. The van der Waals surface area contributed by atoms with Crippen LogP contribution in [-0.2, 0) is 18.8 Å². The van der Waals surface area contributed by atoms with Crippen molar-refractivity contribution in [2.24, 2.45) is 5.73 Å². The Labute approximate surface area is 129 Å². The summed E-state index contributed by atoms with van der Waals surface area (Å²) in [7, 11) is -2.08. The fraction of sp³-hybridized carbons (Fsp3) is 0.867. The largest absolute Gasteiger partial charge is 0.460 e. The Kier molecular flexibility index (Phi) is 6.63. The average molecular weight is 318 g/mol. The van der Waals surface area contributed by atoms with Gasteiger partial charge in [-0.15, -0.1) is 0 Å². The van der Waals surface area contributed by atoms with Gasteiger partial charge in [0.1, 0.15) is 5.60 Å². The zero-order valence-electron chi connectivity index (χ0n) is 14.7. The maximum Gasteiger partial charge on any atom is 0.308 e. The summed E-state index contributed by atoms with van der Waals surface area (Å²) in [5.74, 6) is -0.838. The summed E-state index contributed by atoms with van der Waals surface area (Å²) in [6, 6.07) is 0. The molecule has 6 heteroatoms. The molecule has 0 spiro atoms. The molecule has 0 aliphatic heterocycles. The van der Waals surface area contributed by atoms with E-state index in [1.165, 1.54) is 0 Å². The van der Waals surface area contributed by atoms with Crippen molar-refractivity contribution in [1.82, 2.24) is 0 Å². The van der Waals surface area contributed by atoms with Crippen LogP contribution in [0.4, 0.5) is 0 Å². The van der Waals surface area contributed by atoms with Crippen LogP contribution in [0.1, 0.15) is 54.4 Å². The van der Waals surface area contributed by atoms with Crippen LogP contribution in [0.3, 0.4) is 0 Å². The van der Waals surface area contributed by atoms with Gasteiger partial charge in [0.15, 0.2) is 8.32 Å². The molecule has 0 aromatic heterocycles. The SMILES string of the molecule is CC(C)(C)OC(=O)CC(CC(N)=O)O[Si](C)(C)C(C)(C)C. The van der Waals surface area contributed by atoms with Crippen molar-refractivity contribution in [3.63, 3.8) is 0 Å². The van der Waals surface area contributed by atoms with Crippen LogP contribution < -0.4 is 5.73 Å². The third kappa shape index (κ3) is 8.21. The molecule has 0 heterocycles. The lowest BCUT2D eigenvalue weighted by Gasteiger charge is -2.39. The standard InChI is InChI=1S/C15H31NO4Si/c1-14(2,3)19-13(18)10-11(9-12(16)17)20-21(7,8)15(4,5)6/h11H,9-10H2,1-8H3,(H2,16,17). The molecule has 124 valence electrons. The summed E-state index contributed by atoms with van der Waals surface area (Å²) in [6.45, 7) is 15.9. The Hall–Kier alpha value is -0.883. The molecule has 0 saturated carbocycles. The van der Waals surface area contributed by atoms with E-state index in [4.69, 9.17) is 14.9 Å². The Morgan fingerprint density at radius 1 is 1.05 bits per heavy atom. The summed E-state index contributed by atoms with van der Waals surface area (Å²) in [5, 5.41) is -0.00315. The van der Waals surface area contributed by atoms with Crippen LogP contribution >= 0.6 is 0 Å². The van der Waals surface area contributed by atoms with E-state index in [1.807, 2.05) is 20.8 Å². The van der Waals surface area contributed by atoms with Gasteiger partial charge in [0.25, 0.3) is 0 Å². The van der Waals surface area contributed by atoms with Crippen molar-refractivity contribution in [1.29, 1.82) is 0 Å². The normalized spacial score (nSPS) is 14.7. The van der Waals surface area contributed by atoms with Crippen LogP contribution in [0.25, 0.3) is 0 Å². The molecule has 21 heavy (non-hydrogen) atoms. The van der Waals surface area contributed by atoms with Crippen molar-refractivity contribution in [2.45, 2.75) is 84.2 Å². The maximum atomic E-state index is 11.9. The number of hydrogen-bond acceptors (Lipinski definition) is 4. The molecule has 0 saturated heterocycles. The molecule has 1 amide bonds. The van der Waals surface area contributed by atoms with E-state index in [1.54, 1.807) is 0 Å². The lowest BCUT2D eigenvalue weighted by molar-refractivity contribution is -0.156. The van der Waals surface area contributed by atoms with Gasteiger partial charge in [-0.25, -0.2) is 0 Å². The summed E-state index contributed by atoms with van der Waals surface area (Å²) in [4.78, 5) is 23.2. The van der Waals surface area contributed by atoms with Gasteiger partial charge >= 0.3 is 5.97 Å². The first-order chi connectivity index (χ1) is 9.14. The molecule has 2 N–H and O–H groups in total. The van der Waals surface area contributed by atoms with E-state index in [-0.39, 0.29) is 23.8 Å². The molecule has 0 aromatic rings. The third-order valence-electron chi connectivity index (χ3n) is 3.51. The number of nitrogens with two attached hydrogens (primary N) is 1. The molecular weight excluding hydrogens is 286 g/mol. The molecule has 1 atom stereocenters. The monoisotopic (exact) mass is 317 g/mol. The van der Waals surface area contributed by atoms with Crippen LogP contribution in [0.2, 0.25) is 18.1 Å². The minimum Gasteiger partial charge on any atom is -0.460 e. The Morgan fingerprint density at radius 3 is 1.86 bits per heavy atom. The van der Waals surface area contributed by atoms with Crippen LogP contribution in [0.15, 0.2) is 0 Å². The van der Waals surface area contributed by atoms with E-state index < -0.39 is 25.9 Å². The van der Waals surface area contributed by atoms with Crippen molar-refractivity contribution in [3.05, 3.63) is 0 Å². The number of amides is 1. The minimum atomic E-state index is -2.08. The summed E-state index contributed by atoms with van der Waals surface area (Å²) in [5.41, 5.74) is 4.72. The maximum absolute atomic E-state index is 11.9. The van der Waals surface area contributed by atoms with Crippen molar-refractivity contribution in [3.8, 4) is 0 Å². The molecular formula is C15H31NO4Si. The second-order valence-electron chi connectivity index (χ2n) is 7.96. The Balaban J connectivity index is 4.90. The first kappa shape index (κ1) is 20.1. The van der Waals surface area contributed by atoms with Crippen LogP contribution in [0.5, 0.6) is 0 Å². The highest BCUT2D eigenvalue weighted by atomic mass is 28.4. The van der Waals surface area contributed by atoms with E-state index in [9.17, 15) is 9.59 Å². The first-order valence-electron chi connectivity index (χ1n) is 7.32. The average Bonchev–Trinajstić information content (AvgIpc) is 2.08. The molecule has 0 aromatic carbocycles. The van der Waals surface area contributed by atoms with E-state index >= 15 is 0 Å². The topological polar surface area (TPSA) is 78.6 Å². The van der Waals surface area contributed by atoms with Crippen molar-refractivity contribution >= 4 is 20.2 Å². The Bertz CT molecular complexity index is 380. The second kappa shape index (κ2) is 6.92. The smallest absolute Gasteiger partial charge is 0.308 e. The molecule has 0 aliphatic carbocycles. The number of primary amides is 1. The number of carbonyl (C=O) groups excluding carboxylic acids is 2. The fourth-order valence-corrected chi connectivity index (χ4v) is 2.90. The van der Waals surface area contributed by atoms with E-state index in [0.717, 1.165) is 0 Å². The first-order valence-corrected chi connectivity index (χ1v) is 10.2. The van der Waals surface area contributed by atoms with Crippen molar-refractivity contribution in [2.75, 3.05) is 0 Å². The lowest BCUT2D eigenvalue weighted by Crippen LogP contribution is -2.45. The highest BCUT2D eigenvalue weighted by Crippen LogP contribution is 2.38. The molecule has 0 aliphatic rings. The summed E-state index contributed by atoms with van der Waals surface area (Å²) >= 11 is 0. The van der Waals surface area contributed by atoms with Crippen LogP contribution in [-0.4, -0.2) is 31.9 Å². The quantitative estimate of drug-likeness (QED) is 0.603. The van der Waals surface area contributed by atoms with Crippen LogP contribution in [0, 0.1) is 0 Å². The molecule has 1 unspecified atom stereocenters. The molecule has 0 radical (unpaired) electrons. The molecule has 0 rings (SSSR count). The zero-order chi connectivity index (χ0) is 17.1. The van der Waals surface area contributed by atoms with Gasteiger partial charge in [-0.2, -0.15) is 0 Å². The van der Waals surface area contributed by atoms with Gasteiger partial charge in [-0.05, 0) is 38.9 Å². The van der Waals surface area contributed by atoms with Gasteiger partial charge < -0.3 is 14.9 Å². The number of esters is 1. The predicted octanol–water partition coefficient (Wildman–Crippen LogP) is 2.98. The summed E-state index contributed by atoms with van der Waals surface area (Å²) < 4.78 is 11.4. The van der Waals surface area contributed by atoms with Gasteiger partial charge in [-0.1, -0.05) is 20.8 Å². The van der Waals surface area contributed by atoms with Gasteiger partial charge in [0.2, 0.25) is 5.91 Å². The molecule has 0 fully saturated rings. The van der Waals surface area contributed by atoms with Gasteiger partial charge in [-0.3, -0.25) is 9.59 Å². The van der Waals surface area contributed by atoms with E-state index in [2.05, 4.69) is 33.9 Å². The Morgan fingerprint density at radius 2 is 1.52 bits per heavy atom. The number of ether oxygens (including phenoxy) is 1. The van der Waals surface area contributed by atoms with Crippen molar-refractivity contribution < 1.29 is 18.8 Å². The lowest BCUT2D eigenvalue weighted by atomic mass is 10.1. The van der Waals surface area contributed by atoms with Gasteiger partial charge in [0.05, 0.1) is 18.9 Å². The fourth-order valence-electron chi connectivity index (χ4n) is 1.54. The van der Waals surface area contributed by atoms with Gasteiger partial charge in [0, 0.05) is 0 Å². The number of hydrogen-bond donors (Lipinski definition) is 1. The third-order valence-corrected chi connectivity index (χ3v) is 8.05. The highest BCUT2D eigenvalue weighted by molar-refractivity contribution is 6.74. The summed E-state index contributed by atoms with van der Waals surface area (Å²) in [6.07, 6.45) is -0.434.